The summed E-state index contributed by atoms with van der Waals surface area (Å²) in [6, 6.07) is 19.1. The molecule has 2 aliphatic rings. The molecule has 3 unspecified atom stereocenters. The van der Waals surface area contributed by atoms with Gasteiger partial charge in [-0.3, -0.25) is 4.79 Å². The topological polar surface area (TPSA) is 91.3 Å². The minimum absolute atomic E-state index is 0.00507. The summed E-state index contributed by atoms with van der Waals surface area (Å²) in [5.74, 6) is 0.401. The van der Waals surface area contributed by atoms with Gasteiger partial charge in [0, 0.05) is 18.6 Å². The van der Waals surface area contributed by atoms with Gasteiger partial charge in [-0.15, -0.1) is 0 Å². The number of ether oxygens (including phenoxy) is 4. The molecule has 2 aromatic rings. The van der Waals surface area contributed by atoms with Gasteiger partial charge in [0.05, 0.1) is 6.10 Å². The molecule has 0 saturated carbocycles. The quantitative estimate of drug-likeness (QED) is 0.187. The molecule has 0 aliphatic carbocycles. The Labute approximate surface area is 225 Å². The van der Waals surface area contributed by atoms with E-state index in [1.54, 1.807) is 21.6 Å². The van der Waals surface area contributed by atoms with Crippen LogP contribution in [-0.4, -0.2) is 40.4 Å². The largest absolute Gasteiger partial charge is 0.485 e. The lowest BCUT2D eigenvalue weighted by Crippen LogP contribution is -2.29. The van der Waals surface area contributed by atoms with E-state index in [9.17, 15) is 14.7 Å². The number of hydrogen-bond donors (Lipinski definition) is 1. The van der Waals surface area contributed by atoms with Gasteiger partial charge in [0.25, 0.3) is 0 Å². The molecule has 0 bridgehead atoms. The lowest BCUT2D eigenvalue weighted by molar-refractivity contribution is -0.148. The lowest BCUT2D eigenvalue weighted by Gasteiger charge is -2.20. The zero-order chi connectivity index (χ0) is 25.9. The molecule has 0 aromatic heterocycles. The summed E-state index contributed by atoms with van der Waals surface area (Å²) in [6.07, 6.45) is 1.86. The highest BCUT2D eigenvalue weighted by Gasteiger charge is 2.42. The van der Waals surface area contributed by atoms with E-state index in [1.807, 2.05) is 60.7 Å². The first-order valence-corrected chi connectivity index (χ1v) is 14.9. The number of hydrogen-bond acceptors (Lipinski definition) is 9. The van der Waals surface area contributed by atoms with Crippen molar-refractivity contribution in [2.45, 2.75) is 69.4 Å². The number of benzene rings is 2. The van der Waals surface area contributed by atoms with E-state index >= 15 is 0 Å². The van der Waals surface area contributed by atoms with Crippen LogP contribution in [0.3, 0.4) is 0 Å². The first-order valence-electron chi connectivity index (χ1n) is 12.5. The zero-order valence-corrected chi connectivity index (χ0v) is 22.2. The Morgan fingerprint density at radius 2 is 1.65 bits per heavy atom. The van der Waals surface area contributed by atoms with E-state index in [2.05, 4.69) is 0 Å². The van der Waals surface area contributed by atoms with Crippen molar-refractivity contribution in [3.05, 3.63) is 83.3 Å². The summed E-state index contributed by atoms with van der Waals surface area (Å²) in [4.78, 5) is 24.7. The molecule has 2 aliphatic heterocycles. The van der Waals surface area contributed by atoms with Gasteiger partial charge in [0.1, 0.15) is 13.2 Å². The molecule has 7 nitrogen and oxygen atoms in total. The van der Waals surface area contributed by atoms with E-state index in [4.69, 9.17) is 18.9 Å². The predicted molar refractivity (Wildman–Crippen MR) is 143 cm³/mol. The third-order valence-corrected chi connectivity index (χ3v) is 8.61. The van der Waals surface area contributed by atoms with Crippen molar-refractivity contribution in [3.8, 4) is 0 Å². The number of aliphatic hydroxyl groups is 1. The fraction of sp³-hybridized carbons (Fsp3) is 0.429. The number of unbranched alkanes of at least 4 members (excludes halogenated alkanes) is 2. The van der Waals surface area contributed by atoms with Crippen molar-refractivity contribution in [1.82, 2.24) is 0 Å². The molecule has 2 aromatic carbocycles. The molecule has 9 heteroatoms. The Balaban J connectivity index is 1.31. The third-order valence-electron chi connectivity index (χ3n) is 5.97. The number of carbonyl (C=O) groups is 2. The maximum atomic E-state index is 12.7. The van der Waals surface area contributed by atoms with Crippen molar-refractivity contribution in [1.29, 1.82) is 0 Å². The third kappa shape index (κ3) is 8.45. The van der Waals surface area contributed by atoms with Crippen LogP contribution in [0.2, 0.25) is 0 Å². The number of carbonyl (C=O) groups excluding carboxylic acids is 2. The van der Waals surface area contributed by atoms with Gasteiger partial charge < -0.3 is 24.1 Å². The van der Waals surface area contributed by atoms with Crippen molar-refractivity contribution in [2.24, 2.45) is 0 Å². The number of cyclic esters (lactones) is 1. The van der Waals surface area contributed by atoms with E-state index in [0.29, 0.717) is 25.7 Å². The first kappa shape index (κ1) is 27.4. The summed E-state index contributed by atoms with van der Waals surface area (Å²) in [6.45, 7) is 0.397. The second-order valence-corrected chi connectivity index (χ2v) is 11.5. The van der Waals surface area contributed by atoms with Crippen LogP contribution in [0.25, 0.3) is 0 Å². The molecular formula is C28H32O7S2. The molecule has 1 saturated heterocycles. The van der Waals surface area contributed by atoms with E-state index < -0.39 is 18.2 Å². The highest BCUT2D eigenvalue weighted by Crippen LogP contribution is 2.38. The van der Waals surface area contributed by atoms with Crippen LogP contribution >= 0.6 is 21.6 Å². The number of esters is 2. The molecule has 37 heavy (non-hydrogen) atoms. The van der Waals surface area contributed by atoms with Gasteiger partial charge in [0.2, 0.25) is 5.76 Å². The molecule has 1 fully saturated rings. The fourth-order valence-electron chi connectivity index (χ4n) is 4.00. The van der Waals surface area contributed by atoms with E-state index in [-0.39, 0.29) is 36.1 Å². The molecule has 198 valence electrons. The lowest BCUT2D eigenvalue weighted by atomic mass is 10.0. The molecule has 1 N–H and O–H groups in total. The van der Waals surface area contributed by atoms with Gasteiger partial charge in [-0.2, -0.15) is 0 Å². The highest BCUT2D eigenvalue weighted by atomic mass is 33.1. The predicted octanol–water partition coefficient (Wildman–Crippen LogP) is 5.52. The maximum absolute atomic E-state index is 12.7. The van der Waals surface area contributed by atoms with Crippen LogP contribution in [0.5, 0.6) is 0 Å². The molecular weight excluding hydrogens is 512 g/mol. The van der Waals surface area contributed by atoms with Crippen LogP contribution in [0.4, 0.5) is 0 Å². The summed E-state index contributed by atoms with van der Waals surface area (Å²) in [5.41, 5.74) is 1.79. The molecule has 4 rings (SSSR count). The monoisotopic (exact) mass is 544 g/mol. The van der Waals surface area contributed by atoms with Crippen LogP contribution < -0.4 is 0 Å². The van der Waals surface area contributed by atoms with Crippen LogP contribution in [0.1, 0.15) is 49.7 Å². The average molecular weight is 545 g/mol. The van der Waals surface area contributed by atoms with Gasteiger partial charge >= 0.3 is 11.9 Å². The standard InChI is InChI=1S/C28H32O7S2/c29-22(14-8-3-9-15-23(30)34-24-16-17-36-37-24)25-26(32-18-20-10-4-1-5-11-20)27(28(31)35-25)33-19-21-12-6-2-7-13-21/h1-2,4-7,10-13,22,24-25,29H,3,8-9,14-19H2. The molecule has 0 spiro atoms. The van der Waals surface area contributed by atoms with Crippen molar-refractivity contribution in [2.75, 3.05) is 5.75 Å². The Kier molecular flexibility index (Phi) is 10.6. The Morgan fingerprint density at radius 3 is 2.30 bits per heavy atom. The fourth-order valence-corrected chi connectivity index (χ4v) is 6.51. The van der Waals surface area contributed by atoms with Crippen LogP contribution in [-0.2, 0) is 41.8 Å². The average Bonchev–Trinajstić information content (AvgIpc) is 3.54. The number of rotatable bonds is 14. The minimum Gasteiger partial charge on any atom is -0.485 e. The maximum Gasteiger partial charge on any atom is 0.378 e. The van der Waals surface area contributed by atoms with Crippen molar-refractivity contribution in [3.63, 3.8) is 0 Å². The van der Waals surface area contributed by atoms with Crippen molar-refractivity contribution < 1.29 is 33.6 Å². The van der Waals surface area contributed by atoms with Gasteiger partial charge in [-0.1, -0.05) is 84.3 Å². The van der Waals surface area contributed by atoms with E-state index in [0.717, 1.165) is 29.7 Å². The highest BCUT2D eigenvalue weighted by molar-refractivity contribution is 8.77. The van der Waals surface area contributed by atoms with Crippen LogP contribution in [0, 0.1) is 0 Å². The Bertz CT molecular complexity index is 1040. The van der Waals surface area contributed by atoms with E-state index in [1.165, 1.54) is 0 Å². The SMILES string of the molecule is O=C(CCCCCC(O)C1OC(=O)C(OCc2ccccc2)=C1OCc1ccccc1)OC1CCSS1. The zero-order valence-electron chi connectivity index (χ0n) is 20.6. The second-order valence-electron chi connectivity index (χ2n) is 8.86. The van der Waals surface area contributed by atoms with Gasteiger partial charge in [-0.25, -0.2) is 4.79 Å². The normalized spacial score (nSPS) is 20.0. The summed E-state index contributed by atoms with van der Waals surface area (Å²) in [5, 5.41) is 10.9. The Hall–Kier alpha value is -2.62. The van der Waals surface area contributed by atoms with Gasteiger partial charge in [0.15, 0.2) is 17.3 Å². The smallest absolute Gasteiger partial charge is 0.378 e. The summed E-state index contributed by atoms with van der Waals surface area (Å²) >= 11 is 0. The summed E-state index contributed by atoms with van der Waals surface area (Å²) < 4.78 is 22.8. The molecule has 0 radical (unpaired) electrons. The van der Waals surface area contributed by atoms with Crippen molar-refractivity contribution >= 4 is 33.5 Å². The minimum atomic E-state index is -0.952. The molecule has 2 heterocycles. The van der Waals surface area contributed by atoms with Gasteiger partial charge in [-0.05, 0) is 34.8 Å². The van der Waals surface area contributed by atoms with Crippen LogP contribution in [0.15, 0.2) is 72.2 Å². The Morgan fingerprint density at radius 1 is 0.973 bits per heavy atom. The molecule has 3 atom stereocenters. The summed E-state index contributed by atoms with van der Waals surface area (Å²) in [7, 11) is 3.34. The second kappa shape index (κ2) is 14.4. The number of aliphatic hydroxyl groups excluding tert-OH is 1. The first-order chi connectivity index (χ1) is 18.1. The molecule has 0 amide bonds.